The number of rotatable bonds is 5. The highest BCUT2D eigenvalue weighted by Gasteiger charge is 2.13. The van der Waals surface area contributed by atoms with Crippen molar-refractivity contribution in [2.24, 2.45) is 0 Å². The topological polar surface area (TPSA) is 83.3 Å². The van der Waals surface area contributed by atoms with Crippen LogP contribution in [0.3, 0.4) is 0 Å². The molecule has 7 nitrogen and oxygen atoms in total. The summed E-state index contributed by atoms with van der Waals surface area (Å²) in [6, 6.07) is 11.5. The van der Waals surface area contributed by atoms with Gasteiger partial charge < -0.3 is 15.0 Å². The third-order valence-electron chi connectivity index (χ3n) is 3.83. The predicted octanol–water partition coefficient (Wildman–Crippen LogP) is 3.37. The van der Waals surface area contributed by atoms with Gasteiger partial charge in [-0.1, -0.05) is 11.8 Å². The molecule has 0 bridgehead atoms. The lowest BCUT2D eigenvalue weighted by molar-refractivity contribution is 0.415. The van der Waals surface area contributed by atoms with Crippen molar-refractivity contribution < 1.29 is 4.74 Å². The number of hydrogen-bond acceptors (Lipinski definition) is 6. The highest BCUT2D eigenvalue weighted by molar-refractivity contribution is 9.10. The summed E-state index contributed by atoms with van der Waals surface area (Å²) < 4.78 is 9.66. The summed E-state index contributed by atoms with van der Waals surface area (Å²) in [6.45, 7) is 0. The van der Waals surface area contributed by atoms with Crippen LogP contribution >= 0.6 is 27.7 Å². The Morgan fingerprint density at radius 3 is 2.69 bits per heavy atom. The highest BCUT2D eigenvalue weighted by Crippen LogP contribution is 2.25. The molecule has 3 heterocycles. The van der Waals surface area contributed by atoms with Gasteiger partial charge in [-0.25, -0.2) is 9.66 Å². The lowest BCUT2D eigenvalue weighted by Gasteiger charge is -2.04. The highest BCUT2D eigenvalue weighted by atomic mass is 79.9. The van der Waals surface area contributed by atoms with E-state index >= 15 is 0 Å². The van der Waals surface area contributed by atoms with E-state index in [2.05, 4.69) is 31.1 Å². The van der Waals surface area contributed by atoms with Gasteiger partial charge in [0.2, 0.25) is 5.16 Å². The molecule has 0 amide bonds. The van der Waals surface area contributed by atoms with E-state index in [1.807, 2.05) is 53.2 Å². The van der Waals surface area contributed by atoms with Crippen LogP contribution in [-0.4, -0.2) is 31.4 Å². The number of nitrogen functional groups attached to an aromatic ring is 1. The van der Waals surface area contributed by atoms with Crippen molar-refractivity contribution in [2.45, 2.75) is 10.9 Å². The fraction of sp³-hybridized carbons (Fsp3) is 0.118. The molecule has 2 N–H and O–H groups in total. The molecule has 0 saturated carbocycles. The van der Waals surface area contributed by atoms with E-state index in [1.165, 1.54) is 16.4 Å². The normalized spacial score (nSPS) is 11.2. The molecule has 3 aromatic heterocycles. The number of nitrogens with zero attached hydrogens (tertiary/aromatic N) is 5. The van der Waals surface area contributed by atoms with Crippen LogP contribution in [0.15, 0.2) is 58.4 Å². The fourth-order valence-corrected chi connectivity index (χ4v) is 3.63. The molecule has 4 rings (SSSR count). The second kappa shape index (κ2) is 7.00. The molecule has 1 aromatic carbocycles. The predicted molar refractivity (Wildman–Crippen MR) is 105 cm³/mol. The van der Waals surface area contributed by atoms with Crippen molar-refractivity contribution in [2.75, 3.05) is 13.0 Å². The van der Waals surface area contributed by atoms with E-state index in [4.69, 9.17) is 10.6 Å². The first-order valence-electron chi connectivity index (χ1n) is 7.75. The molecule has 0 aliphatic carbocycles. The first kappa shape index (κ1) is 16.9. The minimum absolute atomic E-state index is 0.606. The number of methoxy groups -OCH3 is 1. The maximum absolute atomic E-state index is 6.17. The number of aromatic nitrogens is 5. The zero-order chi connectivity index (χ0) is 18.1. The Bertz CT molecular complexity index is 1060. The van der Waals surface area contributed by atoms with Crippen molar-refractivity contribution in [1.82, 2.24) is 24.3 Å². The first-order valence-corrected chi connectivity index (χ1v) is 9.53. The monoisotopic (exact) mass is 430 g/mol. The maximum Gasteiger partial charge on any atom is 0.210 e. The Balaban J connectivity index is 1.52. The van der Waals surface area contributed by atoms with Crippen molar-refractivity contribution in [1.29, 1.82) is 0 Å². The first-order chi connectivity index (χ1) is 12.6. The Hall–Kier alpha value is -2.52. The minimum Gasteiger partial charge on any atom is -0.497 e. The second-order valence-electron chi connectivity index (χ2n) is 5.54. The number of nitrogens with two attached hydrogens (primary N) is 1. The number of benzene rings is 1. The maximum atomic E-state index is 6.17. The number of halogens is 1. The molecule has 26 heavy (non-hydrogen) atoms. The molecule has 0 radical (unpaired) electrons. The average molecular weight is 431 g/mol. The van der Waals surface area contributed by atoms with Crippen LogP contribution in [0.25, 0.3) is 17.0 Å². The van der Waals surface area contributed by atoms with E-state index in [1.54, 1.807) is 7.11 Å². The Labute approximate surface area is 162 Å². The smallest absolute Gasteiger partial charge is 0.210 e. The summed E-state index contributed by atoms with van der Waals surface area (Å²) in [5, 5.41) is 9.03. The van der Waals surface area contributed by atoms with Crippen LogP contribution in [0.1, 0.15) is 5.69 Å². The largest absolute Gasteiger partial charge is 0.497 e. The van der Waals surface area contributed by atoms with Crippen molar-refractivity contribution in [3.8, 4) is 17.1 Å². The van der Waals surface area contributed by atoms with Gasteiger partial charge >= 0.3 is 0 Å². The van der Waals surface area contributed by atoms with Crippen molar-refractivity contribution >= 4 is 33.3 Å². The summed E-state index contributed by atoms with van der Waals surface area (Å²) in [6.07, 6.45) is 3.97. The van der Waals surface area contributed by atoms with E-state index in [0.717, 1.165) is 27.1 Å². The molecule has 9 heteroatoms. The number of imidazole rings is 1. The quantitative estimate of drug-likeness (QED) is 0.386. The third-order valence-corrected chi connectivity index (χ3v) is 5.27. The molecular weight excluding hydrogens is 416 g/mol. The Morgan fingerprint density at radius 1 is 1.12 bits per heavy atom. The average Bonchev–Trinajstić information content (AvgIpc) is 3.22. The van der Waals surface area contributed by atoms with Gasteiger partial charge in [-0.2, -0.15) is 0 Å². The molecule has 4 aromatic rings. The molecule has 0 saturated heterocycles. The number of hydrogen-bond donors (Lipinski definition) is 1. The SMILES string of the molecule is COc1ccc(-c2nnc(SCc3cn4cc(Br)ccc4n3)n2N)cc1. The minimum atomic E-state index is 0.606. The zero-order valence-electron chi connectivity index (χ0n) is 13.8. The lowest BCUT2D eigenvalue weighted by atomic mass is 10.2. The van der Waals surface area contributed by atoms with Gasteiger partial charge in [0.15, 0.2) is 5.82 Å². The van der Waals surface area contributed by atoms with Gasteiger partial charge in [0, 0.05) is 28.2 Å². The molecule has 0 aliphatic heterocycles. The van der Waals surface area contributed by atoms with Gasteiger partial charge in [0.25, 0.3) is 0 Å². The summed E-state index contributed by atoms with van der Waals surface area (Å²) >= 11 is 4.96. The lowest BCUT2D eigenvalue weighted by Crippen LogP contribution is -2.11. The van der Waals surface area contributed by atoms with E-state index in [0.29, 0.717) is 16.7 Å². The van der Waals surface area contributed by atoms with Crippen LogP contribution in [0, 0.1) is 0 Å². The summed E-state index contributed by atoms with van der Waals surface area (Å²) in [7, 11) is 1.63. The standard InChI is InChI=1S/C17H15BrN6OS/c1-25-14-5-2-11(3-6-14)16-21-22-17(24(16)19)26-10-13-9-23-8-12(18)4-7-15(23)20-13/h2-9H,10,19H2,1H3. The van der Waals surface area contributed by atoms with Crippen molar-refractivity contribution in [3.05, 3.63) is 59.0 Å². The summed E-state index contributed by atoms with van der Waals surface area (Å²) in [5.41, 5.74) is 2.73. The van der Waals surface area contributed by atoms with Crippen LogP contribution in [0.4, 0.5) is 0 Å². The van der Waals surface area contributed by atoms with Crippen LogP contribution in [0.5, 0.6) is 5.75 Å². The van der Waals surface area contributed by atoms with Gasteiger partial charge in [-0.3, -0.25) is 0 Å². The van der Waals surface area contributed by atoms with Crippen LogP contribution in [-0.2, 0) is 5.75 Å². The van der Waals surface area contributed by atoms with E-state index < -0.39 is 0 Å². The molecular formula is C17H15BrN6OS. The summed E-state index contributed by atoms with van der Waals surface area (Å²) in [4.78, 5) is 4.59. The van der Waals surface area contributed by atoms with E-state index in [9.17, 15) is 0 Å². The number of fused-ring (bicyclic) bond motifs is 1. The van der Waals surface area contributed by atoms with Crippen LogP contribution < -0.4 is 10.6 Å². The van der Waals surface area contributed by atoms with Gasteiger partial charge in [0.05, 0.1) is 12.8 Å². The Morgan fingerprint density at radius 2 is 1.92 bits per heavy atom. The number of thioether (sulfide) groups is 1. The van der Waals surface area contributed by atoms with Gasteiger partial charge in [0.1, 0.15) is 11.4 Å². The Kier molecular flexibility index (Phi) is 4.56. The zero-order valence-corrected chi connectivity index (χ0v) is 16.2. The molecule has 132 valence electrons. The molecule has 0 atom stereocenters. The third kappa shape index (κ3) is 3.27. The number of ether oxygens (including phenoxy) is 1. The fourth-order valence-electron chi connectivity index (χ4n) is 2.54. The van der Waals surface area contributed by atoms with E-state index in [-0.39, 0.29) is 0 Å². The number of pyridine rings is 1. The second-order valence-corrected chi connectivity index (χ2v) is 7.40. The van der Waals surface area contributed by atoms with Crippen molar-refractivity contribution in [3.63, 3.8) is 0 Å². The van der Waals surface area contributed by atoms with Crippen LogP contribution in [0.2, 0.25) is 0 Å². The van der Waals surface area contributed by atoms with Gasteiger partial charge in [-0.05, 0) is 52.3 Å². The molecule has 0 spiro atoms. The summed E-state index contributed by atoms with van der Waals surface area (Å²) in [5.74, 6) is 8.21. The van der Waals surface area contributed by atoms with Gasteiger partial charge in [-0.15, -0.1) is 10.2 Å². The molecule has 0 aliphatic rings. The molecule has 0 unspecified atom stereocenters. The molecule has 0 fully saturated rings.